The minimum absolute atomic E-state index is 0.109. The van der Waals surface area contributed by atoms with Crippen LogP contribution in [0, 0.1) is 0 Å². The minimum atomic E-state index is -0.722. The van der Waals surface area contributed by atoms with Gasteiger partial charge in [-0.15, -0.1) is 0 Å². The molecule has 1 aromatic carbocycles. The molecule has 3 heterocycles. The van der Waals surface area contributed by atoms with Gasteiger partial charge in [-0.2, -0.15) is 0 Å². The van der Waals surface area contributed by atoms with Crippen LogP contribution >= 0.6 is 0 Å². The maximum absolute atomic E-state index is 12.8. The standard InChI is InChI=1S/C20H25N3O5/c24-12-23-18(25)7-6-17(20(23)27)22-11-13-9-14(4-5-16(13)19(22)26)28-15-3-1-2-8-21-10-15/h4-5,9,15,17,21,24H,1-3,6-8,10-12H2. The molecule has 2 N–H and O–H groups in total. The van der Waals surface area contributed by atoms with E-state index in [1.807, 2.05) is 6.07 Å². The quantitative estimate of drug-likeness (QED) is 0.736. The molecule has 0 radical (unpaired) electrons. The second-order valence-corrected chi connectivity index (χ2v) is 7.55. The van der Waals surface area contributed by atoms with Crippen LogP contribution in [0.1, 0.15) is 48.0 Å². The summed E-state index contributed by atoms with van der Waals surface area (Å²) < 4.78 is 6.10. The number of hydrogen-bond acceptors (Lipinski definition) is 6. The van der Waals surface area contributed by atoms with Crippen molar-refractivity contribution in [2.24, 2.45) is 0 Å². The average Bonchev–Trinajstić information content (AvgIpc) is 2.84. The van der Waals surface area contributed by atoms with Gasteiger partial charge in [0, 0.05) is 25.1 Å². The van der Waals surface area contributed by atoms with Crippen LogP contribution in [0.5, 0.6) is 5.75 Å². The van der Waals surface area contributed by atoms with Gasteiger partial charge in [-0.05, 0) is 56.0 Å². The number of piperidine rings is 1. The van der Waals surface area contributed by atoms with Crippen LogP contribution in [0.15, 0.2) is 18.2 Å². The third kappa shape index (κ3) is 3.49. The van der Waals surface area contributed by atoms with E-state index in [0.717, 1.165) is 48.6 Å². The van der Waals surface area contributed by atoms with Crippen molar-refractivity contribution in [1.82, 2.24) is 15.1 Å². The van der Waals surface area contributed by atoms with E-state index in [2.05, 4.69) is 5.32 Å². The first-order valence-electron chi connectivity index (χ1n) is 9.85. The number of nitrogens with one attached hydrogen (secondary N) is 1. The highest BCUT2D eigenvalue weighted by atomic mass is 16.5. The Hall–Kier alpha value is -2.45. The second kappa shape index (κ2) is 7.89. The fourth-order valence-electron chi connectivity index (χ4n) is 4.18. The van der Waals surface area contributed by atoms with E-state index in [0.29, 0.717) is 12.1 Å². The lowest BCUT2D eigenvalue weighted by Gasteiger charge is -2.34. The van der Waals surface area contributed by atoms with E-state index in [4.69, 9.17) is 4.74 Å². The number of hydrogen-bond donors (Lipinski definition) is 2. The van der Waals surface area contributed by atoms with Crippen LogP contribution in [0.2, 0.25) is 0 Å². The van der Waals surface area contributed by atoms with E-state index >= 15 is 0 Å². The molecule has 4 rings (SSSR count). The summed E-state index contributed by atoms with van der Waals surface area (Å²) in [6, 6.07) is 4.71. The third-order valence-corrected chi connectivity index (χ3v) is 5.71. The molecule has 0 aliphatic carbocycles. The average molecular weight is 387 g/mol. The summed E-state index contributed by atoms with van der Waals surface area (Å²) in [6.45, 7) is 1.47. The molecule has 0 spiro atoms. The summed E-state index contributed by atoms with van der Waals surface area (Å²) in [4.78, 5) is 39.4. The van der Waals surface area contributed by atoms with Gasteiger partial charge in [0.2, 0.25) is 5.91 Å². The number of carbonyl (C=O) groups excluding carboxylic acids is 3. The van der Waals surface area contributed by atoms with Gasteiger partial charge in [0.05, 0.1) is 0 Å². The first-order valence-corrected chi connectivity index (χ1v) is 9.85. The molecule has 2 atom stereocenters. The largest absolute Gasteiger partial charge is 0.489 e. The van der Waals surface area contributed by atoms with Gasteiger partial charge in [0.15, 0.2) is 0 Å². The van der Waals surface area contributed by atoms with Crippen molar-refractivity contribution in [3.8, 4) is 5.75 Å². The monoisotopic (exact) mass is 387 g/mol. The molecule has 150 valence electrons. The molecule has 0 saturated carbocycles. The number of likely N-dealkylation sites (tertiary alicyclic amines) is 1. The summed E-state index contributed by atoms with van der Waals surface area (Å²) in [5.74, 6) is -0.408. The first kappa shape index (κ1) is 18.9. The Balaban J connectivity index is 1.49. The molecule has 3 aliphatic rings. The van der Waals surface area contributed by atoms with Crippen LogP contribution in [0.4, 0.5) is 0 Å². The van der Waals surface area contributed by atoms with Gasteiger partial charge < -0.3 is 20.1 Å². The number of aliphatic hydroxyl groups excluding tert-OH is 1. The van der Waals surface area contributed by atoms with E-state index in [1.165, 1.54) is 4.90 Å². The van der Waals surface area contributed by atoms with E-state index in [-0.39, 0.29) is 24.9 Å². The Morgan fingerprint density at radius 2 is 2.04 bits per heavy atom. The van der Waals surface area contributed by atoms with Gasteiger partial charge in [-0.25, -0.2) is 0 Å². The molecule has 8 nitrogen and oxygen atoms in total. The number of aliphatic hydroxyl groups is 1. The molecule has 3 amide bonds. The van der Waals surface area contributed by atoms with Crippen molar-refractivity contribution >= 4 is 17.7 Å². The van der Waals surface area contributed by atoms with Crippen LogP contribution in [-0.4, -0.2) is 64.6 Å². The Morgan fingerprint density at radius 3 is 2.86 bits per heavy atom. The lowest BCUT2D eigenvalue weighted by atomic mass is 10.0. The number of ether oxygens (including phenoxy) is 1. The SMILES string of the molecule is O=C1CCC(N2Cc3cc(OC4CCCCNC4)ccc3C2=O)C(=O)N1CO. The fourth-order valence-corrected chi connectivity index (χ4v) is 4.18. The maximum atomic E-state index is 12.8. The Labute approximate surface area is 163 Å². The number of benzene rings is 1. The molecule has 28 heavy (non-hydrogen) atoms. The zero-order valence-electron chi connectivity index (χ0n) is 15.7. The molecular formula is C20H25N3O5. The molecule has 8 heteroatoms. The number of amides is 3. The topological polar surface area (TPSA) is 99.2 Å². The highest BCUT2D eigenvalue weighted by molar-refractivity contribution is 6.05. The van der Waals surface area contributed by atoms with Crippen LogP contribution in [0.25, 0.3) is 0 Å². The van der Waals surface area contributed by atoms with Gasteiger partial charge in [-0.3, -0.25) is 19.3 Å². The third-order valence-electron chi connectivity index (χ3n) is 5.71. The summed E-state index contributed by atoms with van der Waals surface area (Å²) in [6.07, 6.45) is 3.80. The molecule has 0 bridgehead atoms. The number of fused-ring (bicyclic) bond motifs is 1. The summed E-state index contributed by atoms with van der Waals surface area (Å²) in [5.41, 5.74) is 1.39. The van der Waals surface area contributed by atoms with Gasteiger partial charge in [-0.1, -0.05) is 0 Å². The number of carbonyl (C=O) groups is 3. The van der Waals surface area contributed by atoms with Crippen molar-refractivity contribution in [1.29, 1.82) is 0 Å². The summed E-state index contributed by atoms with van der Waals surface area (Å²) in [7, 11) is 0. The molecule has 2 unspecified atom stereocenters. The second-order valence-electron chi connectivity index (χ2n) is 7.55. The van der Waals surface area contributed by atoms with E-state index < -0.39 is 24.6 Å². The number of nitrogens with zero attached hydrogens (tertiary/aromatic N) is 2. The Morgan fingerprint density at radius 1 is 1.18 bits per heavy atom. The first-order chi connectivity index (χ1) is 13.6. The summed E-state index contributed by atoms with van der Waals surface area (Å²) >= 11 is 0. The lowest BCUT2D eigenvalue weighted by molar-refractivity contribution is -0.156. The van der Waals surface area contributed by atoms with Crippen molar-refractivity contribution in [3.05, 3.63) is 29.3 Å². The van der Waals surface area contributed by atoms with Gasteiger partial charge >= 0.3 is 0 Å². The maximum Gasteiger partial charge on any atom is 0.255 e. The van der Waals surface area contributed by atoms with Gasteiger partial charge in [0.1, 0.15) is 24.6 Å². The van der Waals surface area contributed by atoms with Crippen LogP contribution in [0.3, 0.4) is 0 Å². The van der Waals surface area contributed by atoms with Crippen molar-refractivity contribution in [2.75, 3.05) is 19.8 Å². The Kier molecular flexibility index (Phi) is 5.32. The molecule has 0 aromatic heterocycles. The molecule has 3 aliphatic heterocycles. The highest BCUT2D eigenvalue weighted by Crippen LogP contribution is 2.31. The van der Waals surface area contributed by atoms with Gasteiger partial charge in [0.25, 0.3) is 11.8 Å². The zero-order chi connectivity index (χ0) is 19.7. The summed E-state index contributed by atoms with van der Waals surface area (Å²) in [5, 5.41) is 12.7. The van der Waals surface area contributed by atoms with Crippen LogP contribution in [-0.2, 0) is 16.1 Å². The van der Waals surface area contributed by atoms with Crippen LogP contribution < -0.4 is 10.1 Å². The minimum Gasteiger partial charge on any atom is -0.489 e. The lowest BCUT2D eigenvalue weighted by Crippen LogP contribution is -2.54. The smallest absolute Gasteiger partial charge is 0.255 e. The van der Waals surface area contributed by atoms with Crippen molar-refractivity contribution < 1.29 is 24.2 Å². The predicted octanol–water partition coefficient (Wildman–Crippen LogP) is 0.631. The molecule has 2 fully saturated rings. The van der Waals surface area contributed by atoms with Crippen molar-refractivity contribution in [3.63, 3.8) is 0 Å². The zero-order valence-corrected chi connectivity index (χ0v) is 15.7. The van der Waals surface area contributed by atoms with E-state index in [1.54, 1.807) is 12.1 Å². The van der Waals surface area contributed by atoms with Crippen molar-refractivity contribution in [2.45, 2.75) is 50.8 Å². The molecular weight excluding hydrogens is 362 g/mol. The predicted molar refractivity (Wildman–Crippen MR) is 99.4 cm³/mol. The number of imide groups is 1. The Bertz CT molecular complexity index is 788. The van der Waals surface area contributed by atoms with E-state index in [9.17, 15) is 19.5 Å². The number of rotatable bonds is 4. The molecule has 2 saturated heterocycles. The fraction of sp³-hybridized carbons (Fsp3) is 0.550. The molecule has 1 aromatic rings. The normalized spacial score (nSPS) is 25.7. The highest BCUT2D eigenvalue weighted by Gasteiger charge is 2.42.